The Morgan fingerprint density at radius 3 is 2.62 bits per heavy atom. The minimum atomic E-state index is -1.52. The minimum absolute atomic E-state index is 0.164. The third-order valence-corrected chi connectivity index (χ3v) is 7.00. The minimum Gasteiger partial charge on any atom is -0.465 e. The van der Waals surface area contributed by atoms with Crippen LogP contribution in [0.5, 0.6) is 0 Å². The van der Waals surface area contributed by atoms with Crippen LogP contribution in [0.3, 0.4) is 0 Å². The molecule has 1 amide bonds. The number of carbonyl (C=O) groups excluding carboxylic acids is 2. The van der Waals surface area contributed by atoms with Crippen LogP contribution in [0.15, 0.2) is 47.4 Å². The number of nitrogens with one attached hydrogen (secondary N) is 1. The molecular weight excluding hydrogens is 475 g/mol. The van der Waals surface area contributed by atoms with Gasteiger partial charge in [-0.2, -0.15) is 0 Å². The first-order valence-corrected chi connectivity index (χ1v) is 12.0. The zero-order valence-corrected chi connectivity index (χ0v) is 19.8. The predicted octanol–water partition coefficient (Wildman–Crippen LogP) is 2.90. The topological polar surface area (TPSA) is 84.9 Å². The summed E-state index contributed by atoms with van der Waals surface area (Å²) in [5.41, 5.74) is 1.41. The van der Waals surface area contributed by atoms with Crippen LogP contribution in [-0.4, -0.2) is 66.2 Å². The second-order valence-electron chi connectivity index (χ2n) is 7.29. The van der Waals surface area contributed by atoms with Gasteiger partial charge in [0.25, 0.3) is 0 Å². The lowest BCUT2D eigenvalue weighted by Gasteiger charge is -2.33. The maximum atomic E-state index is 12.4. The van der Waals surface area contributed by atoms with Crippen molar-refractivity contribution in [2.75, 3.05) is 39.1 Å². The average molecular weight is 499 g/mol. The molecule has 1 N–H and O–H groups in total. The van der Waals surface area contributed by atoms with Gasteiger partial charge >= 0.3 is 5.97 Å². The monoisotopic (exact) mass is 498 g/mol. The molecule has 2 aromatic carbocycles. The van der Waals surface area contributed by atoms with Gasteiger partial charge in [-0.25, -0.2) is 4.79 Å². The van der Waals surface area contributed by atoms with Gasteiger partial charge < -0.3 is 14.8 Å². The smallest absolute Gasteiger partial charge is 0.337 e. The summed E-state index contributed by atoms with van der Waals surface area (Å²) >= 11 is 12.1. The highest BCUT2D eigenvalue weighted by molar-refractivity contribution is 7.85. The number of rotatable bonds is 8. The molecule has 0 aliphatic carbocycles. The molecule has 1 saturated heterocycles. The lowest BCUT2D eigenvalue weighted by molar-refractivity contribution is -0.119. The Bertz CT molecular complexity index is 987. The molecule has 1 aliphatic rings. The number of halogens is 2. The highest BCUT2D eigenvalue weighted by atomic mass is 35.5. The summed E-state index contributed by atoms with van der Waals surface area (Å²) in [7, 11) is -0.227. The first-order chi connectivity index (χ1) is 15.4. The Hall–Kier alpha value is -1.97. The molecule has 10 heteroatoms. The lowest BCUT2D eigenvalue weighted by atomic mass is 10.2. The van der Waals surface area contributed by atoms with E-state index in [0.717, 1.165) is 12.1 Å². The average Bonchev–Trinajstić information content (AvgIpc) is 2.80. The van der Waals surface area contributed by atoms with E-state index in [1.807, 2.05) is 12.1 Å². The lowest BCUT2D eigenvalue weighted by Crippen LogP contribution is -2.47. The van der Waals surface area contributed by atoms with Crippen LogP contribution in [0.2, 0.25) is 10.0 Å². The molecule has 1 unspecified atom stereocenters. The fourth-order valence-electron chi connectivity index (χ4n) is 3.29. The van der Waals surface area contributed by atoms with E-state index in [0.29, 0.717) is 46.7 Å². The number of ether oxygens (including phenoxy) is 2. The van der Waals surface area contributed by atoms with E-state index in [9.17, 15) is 13.8 Å². The number of nitrogens with zero attached hydrogens (tertiary/aromatic N) is 1. The first kappa shape index (κ1) is 24.7. The van der Waals surface area contributed by atoms with Crippen molar-refractivity contribution in [3.8, 4) is 0 Å². The summed E-state index contributed by atoms with van der Waals surface area (Å²) in [4.78, 5) is 26.4. The summed E-state index contributed by atoms with van der Waals surface area (Å²) in [5.74, 6) is -0.969. The zero-order valence-electron chi connectivity index (χ0n) is 17.5. The number of carbonyl (C=O) groups is 2. The molecule has 0 saturated carbocycles. The van der Waals surface area contributed by atoms with Crippen molar-refractivity contribution in [3.05, 3.63) is 63.6 Å². The Balaban J connectivity index is 1.45. The Labute approximate surface area is 199 Å². The summed E-state index contributed by atoms with van der Waals surface area (Å²) in [5, 5.41) is 3.84. The fourth-order valence-corrected chi connectivity index (χ4v) is 4.55. The maximum Gasteiger partial charge on any atom is 0.337 e. The molecule has 2 aromatic rings. The summed E-state index contributed by atoms with van der Waals surface area (Å²) in [6.07, 6.45) is -0.164. The summed E-state index contributed by atoms with van der Waals surface area (Å²) in [6, 6.07) is 11.7. The van der Waals surface area contributed by atoms with Crippen molar-refractivity contribution in [2.45, 2.75) is 17.5 Å². The molecule has 0 bridgehead atoms. The first-order valence-electron chi connectivity index (χ1n) is 9.97. The molecule has 1 aliphatic heterocycles. The number of amides is 1. The van der Waals surface area contributed by atoms with Gasteiger partial charge in [-0.3, -0.25) is 13.9 Å². The van der Waals surface area contributed by atoms with Gasteiger partial charge in [0.1, 0.15) is 5.75 Å². The van der Waals surface area contributed by atoms with Crippen molar-refractivity contribution < 1.29 is 23.3 Å². The molecule has 7 nitrogen and oxygen atoms in total. The van der Waals surface area contributed by atoms with Gasteiger partial charge in [0.05, 0.1) is 46.2 Å². The van der Waals surface area contributed by atoms with Crippen LogP contribution in [0.4, 0.5) is 0 Å². The summed E-state index contributed by atoms with van der Waals surface area (Å²) < 4.78 is 22.8. The molecule has 172 valence electrons. The van der Waals surface area contributed by atoms with Crippen LogP contribution in [0, 0.1) is 0 Å². The molecule has 0 aromatic heterocycles. The van der Waals surface area contributed by atoms with E-state index < -0.39 is 16.8 Å². The zero-order chi connectivity index (χ0) is 23.1. The number of morpholine rings is 1. The molecule has 1 heterocycles. The standard InChI is InChI=1S/C22H24Cl2N2O5S/c1-30-22(28)16-3-5-18(6-4-16)32(29)14-21(27)25-11-17-13-26(8-9-31-17)12-15-2-7-19(23)20(24)10-15/h2-7,10,17H,8-9,11-14H2,1H3,(H,25,27)/t17-,32?/m0/s1. The van der Waals surface area contributed by atoms with Crippen molar-refractivity contribution in [1.29, 1.82) is 0 Å². The van der Waals surface area contributed by atoms with E-state index in [4.69, 9.17) is 27.9 Å². The van der Waals surface area contributed by atoms with E-state index in [2.05, 4.69) is 15.0 Å². The van der Waals surface area contributed by atoms with Crippen LogP contribution in [0.25, 0.3) is 0 Å². The van der Waals surface area contributed by atoms with E-state index >= 15 is 0 Å². The Kier molecular flexibility index (Phi) is 9.07. The second kappa shape index (κ2) is 11.8. The third kappa shape index (κ3) is 7.02. The van der Waals surface area contributed by atoms with E-state index in [1.165, 1.54) is 19.2 Å². The Morgan fingerprint density at radius 2 is 1.94 bits per heavy atom. The fraction of sp³-hybridized carbons (Fsp3) is 0.364. The van der Waals surface area contributed by atoms with Crippen LogP contribution in [0.1, 0.15) is 15.9 Å². The van der Waals surface area contributed by atoms with Gasteiger partial charge in [-0.15, -0.1) is 0 Å². The number of hydrogen-bond donors (Lipinski definition) is 1. The molecule has 0 radical (unpaired) electrons. The normalized spacial score (nSPS) is 17.5. The molecule has 2 atom stereocenters. The van der Waals surface area contributed by atoms with Gasteiger partial charge in [-0.05, 0) is 42.0 Å². The highest BCUT2D eigenvalue weighted by Gasteiger charge is 2.22. The molecule has 32 heavy (non-hydrogen) atoms. The third-order valence-electron chi connectivity index (χ3n) is 4.94. The van der Waals surface area contributed by atoms with Crippen molar-refractivity contribution in [3.63, 3.8) is 0 Å². The van der Waals surface area contributed by atoms with Crippen LogP contribution < -0.4 is 5.32 Å². The van der Waals surface area contributed by atoms with Crippen LogP contribution >= 0.6 is 23.2 Å². The van der Waals surface area contributed by atoms with Gasteiger partial charge in [0.2, 0.25) is 5.91 Å². The predicted molar refractivity (Wildman–Crippen MR) is 124 cm³/mol. The number of hydrogen-bond acceptors (Lipinski definition) is 6. The summed E-state index contributed by atoms with van der Waals surface area (Å²) in [6.45, 7) is 3.01. The van der Waals surface area contributed by atoms with Crippen molar-refractivity contribution in [2.24, 2.45) is 0 Å². The van der Waals surface area contributed by atoms with E-state index in [-0.39, 0.29) is 17.8 Å². The largest absolute Gasteiger partial charge is 0.465 e. The number of esters is 1. The highest BCUT2D eigenvalue weighted by Crippen LogP contribution is 2.23. The quantitative estimate of drug-likeness (QED) is 0.563. The molecular formula is C22H24Cl2N2O5S. The maximum absolute atomic E-state index is 12.4. The van der Waals surface area contributed by atoms with E-state index in [1.54, 1.807) is 18.2 Å². The van der Waals surface area contributed by atoms with Crippen molar-refractivity contribution in [1.82, 2.24) is 10.2 Å². The molecule has 3 rings (SSSR count). The number of benzene rings is 2. The van der Waals surface area contributed by atoms with Crippen LogP contribution in [-0.2, 0) is 31.6 Å². The molecule has 0 spiro atoms. The van der Waals surface area contributed by atoms with Crippen molar-refractivity contribution >= 4 is 45.9 Å². The van der Waals surface area contributed by atoms with Gasteiger partial charge in [-0.1, -0.05) is 29.3 Å². The molecule has 1 fully saturated rings. The SMILES string of the molecule is COC(=O)c1ccc(S(=O)CC(=O)NC[C@H]2CN(Cc3ccc(Cl)c(Cl)c3)CCO2)cc1. The van der Waals surface area contributed by atoms with Gasteiger partial charge in [0, 0.05) is 31.1 Å². The number of methoxy groups -OCH3 is 1. The van der Waals surface area contributed by atoms with Gasteiger partial charge in [0.15, 0.2) is 0 Å². The second-order valence-corrected chi connectivity index (χ2v) is 9.55. The Morgan fingerprint density at radius 1 is 1.19 bits per heavy atom.